The maximum atomic E-state index is 12.8. The van der Waals surface area contributed by atoms with Gasteiger partial charge >= 0.3 is 0 Å². The normalized spacial score (nSPS) is 18.1. The first kappa shape index (κ1) is 18.9. The summed E-state index contributed by atoms with van der Waals surface area (Å²) in [6, 6.07) is 9.29. The molecule has 0 bridgehead atoms. The number of sulfonamides is 1. The van der Waals surface area contributed by atoms with Crippen LogP contribution in [0.15, 0.2) is 29.2 Å². The van der Waals surface area contributed by atoms with Gasteiger partial charge in [-0.25, -0.2) is 8.42 Å². The first-order valence-corrected chi connectivity index (χ1v) is 9.51. The molecule has 8 heteroatoms. The van der Waals surface area contributed by atoms with Crippen LogP contribution in [-0.4, -0.2) is 49.2 Å². The summed E-state index contributed by atoms with van der Waals surface area (Å²) in [6.45, 7) is 2.01. The molecule has 1 saturated heterocycles. The zero-order valence-corrected chi connectivity index (χ0v) is 14.9. The van der Waals surface area contributed by atoms with E-state index in [9.17, 15) is 13.2 Å². The Kier molecular flexibility index (Phi) is 6.13. The van der Waals surface area contributed by atoms with E-state index in [1.807, 2.05) is 19.1 Å². The number of benzene rings is 1. The SMILES string of the molecule is CC1CCCCN1S(=O)(=O)c1ccc(C(=O)N(CC#N)CC#N)cc1. The summed E-state index contributed by atoms with van der Waals surface area (Å²) in [4.78, 5) is 13.6. The van der Waals surface area contributed by atoms with Crippen LogP contribution < -0.4 is 0 Å². The molecule has 7 nitrogen and oxygen atoms in total. The van der Waals surface area contributed by atoms with Gasteiger partial charge in [-0.2, -0.15) is 14.8 Å². The molecule has 132 valence electrons. The summed E-state index contributed by atoms with van der Waals surface area (Å²) in [5.41, 5.74) is 0.246. The first-order valence-electron chi connectivity index (χ1n) is 8.07. The largest absolute Gasteiger partial charge is 0.312 e. The van der Waals surface area contributed by atoms with Crippen molar-refractivity contribution >= 4 is 15.9 Å². The van der Waals surface area contributed by atoms with Gasteiger partial charge < -0.3 is 4.90 Å². The lowest BCUT2D eigenvalue weighted by molar-refractivity contribution is 0.0794. The highest BCUT2D eigenvalue weighted by atomic mass is 32.2. The third-order valence-electron chi connectivity index (χ3n) is 4.26. The highest BCUT2D eigenvalue weighted by Gasteiger charge is 2.31. The van der Waals surface area contributed by atoms with Gasteiger partial charge in [0.15, 0.2) is 0 Å². The van der Waals surface area contributed by atoms with Crippen LogP contribution in [0, 0.1) is 22.7 Å². The Morgan fingerprint density at radius 1 is 1.20 bits per heavy atom. The molecule has 0 radical (unpaired) electrons. The van der Waals surface area contributed by atoms with Crippen LogP contribution >= 0.6 is 0 Å². The molecule has 1 fully saturated rings. The smallest absolute Gasteiger partial charge is 0.255 e. The molecule has 1 aromatic carbocycles. The van der Waals surface area contributed by atoms with Crippen molar-refractivity contribution in [1.29, 1.82) is 10.5 Å². The lowest BCUT2D eigenvalue weighted by Crippen LogP contribution is -2.41. The monoisotopic (exact) mass is 360 g/mol. The van der Waals surface area contributed by atoms with Crippen molar-refractivity contribution in [3.8, 4) is 12.1 Å². The number of carbonyl (C=O) groups excluding carboxylic acids is 1. The van der Waals surface area contributed by atoms with Crippen LogP contribution in [-0.2, 0) is 10.0 Å². The molecule has 1 atom stereocenters. The second-order valence-electron chi connectivity index (χ2n) is 5.96. The van der Waals surface area contributed by atoms with Crippen LogP contribution in [0.2, 0.25) is 0 Å². The number of nitriles is 2. The van der Waals surface area contributed by atoms with Crippen LogP contribution in [0.25, 0.3) is 0 Å². The topological polar surface area (TPSA) is 105 Å². The highest BCUT2D eigenvalue weighted by molar-refractivity contribution is 7.89. The predicted octanol–water partition coefficient (Wildman–Crippen LogP) is 1.74. The van der Waals surface area contributed by atoms with Gasteiger partial charge in [0.25, 0.3) is 5.91 Å². The quantitative estimate of drug-likeness (QED) is 0.744. The van der Waals surface area contributed by atoms with Crippen molar-refractivity contribution in [1.82, 2.24) is 9.21 Å². The molecule has 1 aromatic rings. The third kappa shape index (κ3) is 4.16. The molecule has 0 aliphatic carbocycles. The zero-order chi connectivity index (χ0) is 18.4. The summed E-state index contributed by atoms with van der Waals surface area (Å²) < 4.78 is 27.0. The lowest BCUT2D eigenvalue weighted by Gasteiger charge is -2.32. The van der Waals surface area contributed by atoms with Crippen LogP contribution in [0.3, 0.4) is 0 Å². The number of nitrogens with zero attached hydrogens (tertiary/aromatic N) is 4. The average molecular weight is 360 g/mol. The van der Waals surface area contributed by atoms with Gasteiger partial charge in [-0.05, 0) is 44.0 Å². The van der Waals surface area contributed by atoms with Gasteiger partial charge in [-0.1, -0.05) is 6.42 Å². The summed E-state index contributed by atoms with van der Waals surface area (Å²) in [7, 11) is -3.59. The Bertz CT molecular complexity index is 790. The molecule has 1 unspecified atom stereocenters. The lowest BCUT2D eigenvalue weighted by atomic mass is 10.1. The molecule has 0 N–H and O–H groups in total. The van der Waals surface area contributed by atoms with E-state index in [0.29, 0.717) is 6.54 Å². The van der Waals surface area contributed by atoms with Crippen molar-refractivity contribution in [2.24, 2.45) is 0 Å². The minimum Gasteiger partial charge on any atom is -0.312 e. The maximum absolute atomic E-state index is 12.8. The number of hydrogen-bond donors (Lipinski definition) is 0. The van der Waals surface area contributed by atoms with Crippen molar-refractivity contribution in [3.05, 3.63) is 29.8 Å². The van der Waals surface area contributed by atoms with E-state index < -0.39 is 15.9 Å². The molecular formula is C17H20N4O3S. The van der Waals surface area contributed by atoms with Gasteiger partial charge in [0, 0.05) is 18.2 Å². The fourth-order valence-corrected chi connectivity index (χ4v) is 4.59. The van der Waals surface area contributed by atoms with Crippen LogP contribution in [0.5, 0.6) is 0 Å². The third-order valence-corrected chi connectivity index (χ3v) is 6.29. The van der Waals surface area contributed by atoms with E-state index in [0.717, 1.165) is 24.2 Å². The van der Waals surface area contributed by atoms with Gasteiger partial charge in [-0.3, -0.25) is 4.79 Å². The van der Waals surface area contributed by atoms with Crippen molar-refractivity contribution in [2.75, 3.05) is 19.6 Å². The van der Waals surface area contributed by atoms with Gasteiger partial charge in [0.05, 0.1) is 17.0 Å². The van der Waals surface area contributed by atoms with E-state index in [1.165, 1.54) is 28.6 Å². The highest BCUT2D eigenvalue weighted by Crippen LogP contribution is 2.25. The standard InChI is InChI=1S/C17H20N4O3S/c1-14-4-2-3-11-21(14)25(23,24)16-7-5-15(6-8-16)17(22)20(12-9-18)13-10-19/h5-8,14H,2-4,11-13H2,1H3. The number of hydrogen-bond acceptors (Lipinski definition) is 5. The molecule has 1 aliphatic heterocycles. The number of carbonyl (C=O) groups is 1. The van der Waals surface area contributed by atoms with Crippen molar-refractivity contribution in [2.45, 2.75) is 37.1 Å². The Balaban J connectivity index is 2.23. The molecule has 1 aliphatic rings. The maximum Gasteiger partial charge on any atom is 0.255 e. The second kappa shape index (κ2) is 8.11. The van der Waals surface area contributed by atoms with E-state index in [-0.39, 0.29) is 29.6 Å². The molecule has 1 heterocycles. The molecule has 1 amide bonds. The molecule has 25 heavy (non-hydrogen) atoms. The molecule has 0 spiro atoms. The summed E-state index contributed by atoms with van der Waals surface area (Å²) >= 11 is 0. The van der Waals surface area contributed by atoms with Crippen LogP contribution in [0.1, 0.15) is 36.5 Å². The predicted molar refractivity (Wildman–Crippen MR) is 90.8 cm³/mol. The number of amides is 1. The fourth-order valence-electron chi connectivity index (χ4n) is 2.89. The molecule has 2 rings (SSSR count). The molecule has 0 aromatic heterocycles. The zero-order valence-electron chi connectivity index (χ0n) is 14.1. The van der Waals surface area contributed by atoms with Gasteiger partial charge in [-0.15, -0.1) is 0 Å². The van der Waals surface area contributed by atoms with Gasteiger partial charge in [0.1, 0.15) is 13.1 Å². The fraction of sp³-hybridized carbons (Fsp3) is 0.471. The summed E-state index contributed by atoms with van der Waals surface area (Å²) in [5, 5.41) is 17.5. The molecular weight excluding hydrogens is 340 g/mol. The van der Waals surface area contributed by atoms with Gasteiger partial charge in [0.2, 0.25) is 10.0 Å². The minimum absolute atomic E-state index is 0.0400. The minimum atomic E-state index is -3.59. The average Bonchev–Trinajstić information content (AvgIpc) is 2.61. The summed E-state index contributed by atoms with van der Waals surface area (Å²) in [6.07, 6.45) is 2.71. The van der Waals surface area contributed by atoms with E-state index in [2.05, 4.69) is 0 Å². The first-order chi connectivity index (χ1) is 11.9. The Hall–Kier alpha value is -2.42. The Labute approximate surface area is 148 Å². The number of piperidine rings is 1. The van der Waals surface area contributed by atoms with Crippen LogP contribution in [0.4, 0.5) is 0 Å². The summed E-state index contributed by atoms with van der Waals surface area (Å²) in [5.74, 6) is -0.474. The molecule has 0 saturated carbocycles. The second-order valence-corrected chi connectivity index (χ2v) is 7.85. The van der Waals surface area contributed by atoms with Crippen molar-refractivity contribution < 1.29 is 13.2 Å². The Morgan fingerprint density at radius 2 is 1.80 bits per heavy atom. The Morgan fingerprint density at radius 3 is 2.32 bits per heavy atom. The van der Waals surface area contributed by atoms with E-state index in [4.69, 9.17) is 10.5 Å². The van der Waals surface area contributed by atoms with E-state index >= 15 is 0 Å². The number of rotatable bonds is 5. The van der Waals surface area contributed by atoms with Crippen molar-refractivity contribution in [3.63, 3.8) is 0 Å². The van der Waals surface area contributed by atoms with E-state index in [1.54, 1.807) is 0 Å².